The minimum atomic E-state index is -0.254. The zero-order valence-electron chi connectivity index (χ0n) is 10.5. The predicted octanol–water partition coefficient (Wildman–Crippen LogP) is 1.65. The van der Waals surface area contributed by atoms with E-state index >= 15 is 0 Å². The maximum absolute atomic E-state index is 11.2. The van der Waals surface area contributed by atoms with Crippen molar-refractivity contribution in [2.45, 2.75) is 6.54 Å². The number of hydrogen-bond donors (Lipinski definition) is 1. The van der Waals surface area contributed by atoms with Crippen molar-refractivity contribution in [3.8, 4) is 11.3 Å². The zero-order valence-corrected chi connectivity index (χ0v) is 11.3. The van der Waals surface area contributed by atoms with Crippen LogP contribution in [0.3, 0.4) is 0 Å². The molecule has 100 valence electrons. The second-order valence-electron chi connectivity index (χ2n) is 4.04. The minimum absolute atomic E-state index is 0.254. The predicted molar refractivity (Wildman–Crippen MR) is 76.1 cm³/mol. The van der Waals surface area contributed by atoms with Gasteiger partial charge in [0, 0.05) is 10.9 Å². The molecular weight excluding hydrogens is 274 g/mol. The fourth-order valence-electron chi connectivity index (χ4n) is 1.75. The lowest BCUT2D eigenvalue weighted by atomic mass is 10.2. The first kappa shape index (κ1) is 12.5. The Morgan fingerprint density at radius 2 is 2.30 bits per heavy atom. The monoisotopic (exact) mass is 285 g/mol. The van der Waals surface area contributed by atoms with Crippen molar-refractivity contribution in [3.63, 3.8) is 0 Å². The van der Waals surface area contributed by atoms with Gasteiger partial charge in [-0.25, -0.2) is 0 Å². The second kappa shape index (κ2) is 5.22. The third-order valence-electron chi connectivity index (χ3n) is 2.75. The highest BCUT2D eigenvalue weighted by atomic mass is 32.1. The Morgan fingerprint density at radius 3 is 3.05 bits per heavy atom. The maximum Gasteiger partial charge on any atom is 0.243 e. The number of hydrogen-bond acceptors (Lipinski definition) is 5. The van der Waals surface area contributed by atoms with Crippen molar-refractivity contribution in [1.29, 1.82) is 0 Å². The van der Waals surface area contributed by atoms with Gasteiger partial charge in [-0.05, 0) is 29.7 Å². The highest BCUT2D eigenvalue weighted by molar-refractivity contribution is 7.08. The van der Waals surface area contributed by atoms with Gasteiger partial charge in [0.1, 0.15) is 0 Å². The topological polar surface area (TPSA) is 72.2 Å². The summed E-state index contributed by atoms with van der Waals surface area (Å²) in [5.74, 6) is 0.322. The van der Waals surface area contributed by atoms with Crippen LogP contribution in [0.1, 0.15) is 5.82 Å². The smallest absolute Gasteiger partial charge is 0.243 e. The number of amides is 1. The lowest BCUT2D eigenvalue weighted by molar-refractivity contribution is -0.116. The summed E-state index contributed by atoms with van der Waals surface area (Å²) in [6.45, 7) is 3.66. The molecule has 3 aromatic heterocycles. The van der Waals surface area contributed by atoms with E-state index in [4.69, 9.17) is 0 Å². The molecule has 0 aromatic carbocycles. The Bertz CT molecular complexity index is 762. The Hall–Kier alpha value is -2.54. The van der Waals surface area contributed by atoms with Crippen LogP contribution in [0.25, 0.3) is 16.9 Å². The van der Waals surface area contributed by atoms with E-state index < -0.39 is 0 Å². The molecule has 0 radical (unpaired) electrons. The minimum Gasteiger partial charge on any atom is -0.345 e. The zero-order chi connectivity index (χ0) is 13.9. The van der Waals surface area contributed by atoms with Crippen molar-refractivity contribution in [2.75, 3.05) is 0 Å². The van der Waals surface area contributed by atoms with E-state index in [1.807, 2.05) is 29.0 Å². The number of rotatable bonds is 4. The number of carbonyl (C=O) groups excluding carboxylic acids is 1. The number of fused-ring (bicyclic) bond motifs is 1. The fourth-order valence-corrected chi connectivity index (χ4v) is 2.40. The molecule has 3 rings (SSSR count). The van der Waals surface area contributed by atoms with Crippen molar-refractivity contribution >= 4 is 22.9 Å². The second-order valence-corrected chi connectivity index (χ2v) is 4.82. The summed E-state index contributed by atoms with van der Waals surface area (Å²) in [6, 6.07) is 5.76. The molecule has 0 bridgehead atoms. The van der Waals surface area contributed by atoms with Crippen LogP contribution in [-0.4, -0.2) is 25.7 Å². The highest BCUT2D eigenvalue weighted by Gasteiger charge is 2.09. The number of nitrogens with zero attached hydrogens (tertiary/aromatic N) is 4. The lowest BCUT2D eigenvalue weighted by Crippen LogP contribution is -2.21. The maximum atomic E-state index is 11.2. The highest BCUT2D eigenvalue weighted by Crippen LogP contribution is 2.20. The van der Waals surface area contributed by atoms with Crippen LogP contribution in [-0.2, 0) is 11.3 Å². The number of carbonyl (C=O) groups is 1. The molecule has 7 heteroatoms. The first-order valence-corrected chi connectivity index (χ1v) is 6.86. The van der Waals surface area contributed by atoms with Gasteiger partial charge >= 0.3 is 0 Å². The van der Waals surface area contributed by atoms with Crippen molar-refractivity contribution in [2.24, 2.45) is 0 Å². The van der Waals surface area contributed by atoms with Gasteiger partial charge in [0.25, 0.3) is 0 Å². The summed E-state index contributed by atoms with van der Waals surface area (Å²) in [5, 5.41) is 19.2. The summed E-state index contributed by atoms with van der Waals surface area (Å²) >= 11 is 1.61. The van der Waals surface area contributed by atoms with Crippen LogP contribution in [0.4, 0.5) is 0 Å². The fraction of sp³-hybridized carbons (Fsp3) is 0.0769. The molecule has 20 heavy (non-hydrogen) atoms. The average molecular weight is 285 g/mol. The number of aromatic nitrogens is 4. The van der Waals surface area contributed by atoms with Gasteiger partial charge in [0.15, 0.2) is 11.5 Å². The molecule has 0 aliphatic rings. The van der Waals surface area contributed by atoms with E-state index in [1.165, 1.54) is 6.08 Å². The molecule has 0 aliphatic carbocycles. The molecule has 0 spiro atoms. The number of thiophene rings is 1. The van der Waals surface area contributed by atoms with Crippen LogP contribution >= 0.6 is 11.3 Å². The Labute approximate surface area is 118 Å². The van der Waals surface area contributed by atoms with Crippen LogP contribution < -0.4 is 5.32 Å². The first-order chi connectivity index (χ1) is 9.78. The van der Waals surface area contributed by atoms with Crippen LogP contribution in [0.2, 0.25) is 0 Å². The molecule has 0 atom stereocenters. The summed E-state index contributed by atoms with van der Waals surface area (Å²) < 4.78 is 1.64. The number of nitrogens with one attached hydrogen (secondary N) is 1. The molecule has 3 aromatic rings. The van der Waals surface area contributed by atoms with Crippen molar-refractivity contribution < 1.29 is 4.79 Å². The normalized spacial score (nSPS) is 10.6. The van der Waals surface area contributed by atoms with E-state index in [2.05, 4.69) is 27.2 Å². The van der Waals surface area contributed by atoms with E-state index in [0.29, 0.717) is 11.5 Å². The third-order valence-corrected chi connectivity index (χ3v) is 3.43. The lowest BCUT2D eigenvalue weighted by Gasteiger charge is -2.02. The molecule has 0 saturated carbocycles. The largest absolute Gasteiger partial charge is 0.345 e. The van der Waals surface area contributed by atoms with E-state index in [0.717, 1.165) is 11.3 Å². The van der Waals surface area contributed by atoms with Gasteiger partial charge in [0.05, 0.1) is 12.2 Å². The van der Waals surface area contributed by atoms with Crippen molar-refractivity contribution in [1.82, 2.24) is 25.1 Å². The van der Waals surface area contributed by atoms with Gasteiger partial charge < -0.3 is 5.32 Å². The van der Waals surface area contributed by atoms with E-state index in [1.54, 1.807) is 15.9 Å². The molecule has 0 aliphatic heterocycles. The summed E-state index contributed by atoms with van der Waals surface area (Å²) in [4.78, 5) is 11.2. The Morgan fingerprint density at radius 1 is 1.40 bits per heavy atom. The summed E-state index contributed by atoms with van der Waals surface area (Å²) in [7, 11) is 0. The van der Waals surface area contributed by atoms with Crippen LogP contribution in [0.15, 0.2) is 41.6 Å². The Balaban J connectivity index is 1.95. The van der Waals surface area contributed by atoms with Gasteiger partial charge in [-0.1, -0.05) is 6.58 Å². The molecular formula is C13H11N5OS. The molecule has 0 saturated heterocycles. The summed E-state index contributed by atoms with van der Waals surface area (Å²) in [5.41, 5.74) is 2.54. The SMILES string of the molecule is C=CC(=O)NCc1nnc2ccc(-c3ccsc3)nn12. The molecule has 1 N–H and O–H groups in total. The van der Waals surface area contributed by atoms with Crippen LogP contribution in [0, 0.1) is 0 Å². The molecule has 3 heterocycles. The van der Waals surface area contributed by atoms with Crippen molar-refractivity contribution in [3.05, 3.63) is 47.4 Å². The molecule has 6 nitrogen and oxygen atoms in total. The average Bonchev–Trinajstić information content (AvgIpc) is 3.13. The molecule has 1 amide bonds. The van der Waals surface area contributed by atoms with Gasteiger partial charge in [0.2, 0.25) is 5.91 Å². The molecule has 0 fully saturated rings. The van der Waals surface area contributed by atoms with Crippen LogP contribution in [0.5, 0.6) is 0 Å². The van der Waals surface area contributed by atoms with Gasteiger partial charge in [-0.3, -0.25) is 4.79 Å². The first-order valence-electron chi connectivity index (χ1n) is 5.92. The standard InChI is InChI=1S/C13H11N5OS/c1-2-13(19)14-7-12-16-15-11-4-3-10(17-18(11)12)9-5-6-20-8-9/h2-6,8H,1,7H2,(H,14,19). The van der Waals surface area contributed by atoms with E-state index in [-0.39, 0.29) is 12.5 Å². The summed E-state index contributed by atoms with van der Waals surface area (Å²) in [6.07, 6.45) is 1.22. The molecule has 0 unspecified atom stereocenters. The quantitative estimate of drug-likeness (QED) is 0.740. The van der Waals surface area contributed by atoms with Gasteiger partial charge in [-0.15, -0.1) is 10.2 Å². The van der Waals surface area contributed by atoms with E-state index in [9.17, 15) is 4.79 Å². The Kier molecular flexibility index (Phi) is 3.26. The van der Waals surface area contributed by atoms with Gasteiger partial charge in [-0.2, -0.15) is 21.0 Å². The third kappa shape index (κ3) is 2.30.